The second-order valence-corrected chi connectivity index (χ2v) is 12.0. The number of nitrogens with zero attached hydrogens (tertiary/aromatic N) is 4. The number of carbonyl (C=O) groups is 2. The van der Waals surface area contributed by atoms with Crippen molar-refractivity contribution < 1.29 is 46.5 Å². The monoisotopic (exact) mass is 672 g/mol. The fraction of sp³-hybridized carbons (Fsp3) is 0.412. The van der Waals surface area contributed by atoms with Crippen LogP contribution < -0.4 is 9.64 Å². The summed E-state index contributed by atoms with van der Waals surface area (Å²) in [6.45, 7) is 1.99. The number of carbonyl (C=O) groups excluding carboxylic acids is 1. The van der Waals surface area contributed by atoms with Crippen LogP contribution in [0, 0.1) is 17.7 Å². The summed E-state index contributed by atoms with van der Waals surface area (Å²) < 4.78 is 76.2. The van der Waals surface area contributed by atoms with Gasteiger partial charge in [0.1, 0.15) is 11.2 Å². The number of pyridine rings is 2. The Hall–Kier alpha value is -4.56. The Labute approximate surface area is 274 Å². The van der Waals surface area contributed by atoms with E-state index in [9.17, 15) is 27.9 Å². The Morgan fingerprint density at radius 3 is 2.42 bits per heavy atom. The number of alkyl halides is 3. The fourth-order valence-corrected chi connectivity index (χ4v) is 6.09. The zero-order valence-electron chi connectivity index (χ0n) is 26.7. The summed E-state index contributed by atoms with van der Waals surface area (Å²) in [5, 5.41) is 11.0. The van der Waals surface area contributed by atoms with Gasteiger partial charge in [0, 0.05) is 56.2 Å². The largest absolute Gasteiger partial charge is 0.478 e. The SMILES string of the molecule is COCC(COC)N(c1cc(F)c(Oc2ncc(Cn3ccc4cccnc43)cc2C(F)(F)F)cc1C(=O)O)C(=O)[C@H]1CC[C@H](C)CC1. The molecule has 3 heterocycles. The molecular formula is C34H36F4N4O6. The lowest BCUT2D eigenvalue weighted by molar-refractivity contribution is -0.139. The Balaban J connectivity index is 1.52. The second-order valence-electron chi connectivity index (χ2n) is 12.0. The number of aromatic carboxylic acids is 1. The molecule has 1 amide bonds. The molecule has 1 aromatic carbocycles. The topological polar surface area (TPSA) is 116 Å². The number of carboxylic acids is 1. The summed E-state index contributed by atoms with van der Waals surface area (Å²) in [5.74, 6) is -4.96. The highest BCUT2D eigenvalue weighted by molar-refractivity contribution is 6.03. The first-order chi connectivity index (χ1) is 22.9. The van der Waals surface area contributed by atoms with Gasteiger partial charge < -0.3 is 28.8 Å². The average Bonchev–Trinajstić information content (AvgIpc) is 3.45. The summed E-state index contributed by atoms with van der Waals surface area (Å²) in [5.41, 5.74) is -1.39. The van der Waals surface area contributed by atoms with Crippen molar-refractivity contribution in [1.29, 1.82) is 0 Å². The molecule has 0 radical (unpaired) electrons. The van der Waals surface area contributed by atoms with Gasteiger partial charge in [0.2, 0.25) is 11.8 Å². The van der Waals surface area contributed by atoms with Crippen LogP contribution in [0.4, 0.5) is 23.2 Å². The van der Waals surface area contributed by atoms with E-state index >= 15 is 4.39 Å². The first-order valence-corrected chi connectivity index (χ1v) is 15.4. The van der Waals surface area contributed by atoms with Gasteiger partial charge in [0.05, 0.1) is 37.1 Å². The number of benzene rings is 1. The summed E-state index contributed by atoms with van der Waals surface area (Å²) in [6, 6.07) is 6.91. The van der Waals surface area contributed by atoms with Gasteiger partial charge in [-0.2, -0.15) is 13.2 Å². The third-order valence-electron chi connectivity index (χ3n) is 8.52. The molecule has 0 saturated heterocycles. The zero-order chi connectivity index (χ0) is 34.6. The molecular weight excluding hydrogens is 636 g/mol. The summed E-state index contributed by atoms with van der Waals surface area (Å²) in [7, 11) is 2.80. The maximum atomic E-state index is 15.8. The van der Waals surface area contributed by atoms with Gasteiger partial charge in [-0.1, -0.05) is 6.92 Å². The number of aromatic nitrogens is 3. The van der Waals surface area contributed by atoms with E-state index in [1.807, 2.05) is 6.07 Å². The number of amides is 1. The third kappa shape index (κ3) is 7.60. The van der Waals surface area contributed by atoms with Crippen molar-refractivity contribution in [1.82, 2.24) is 14.5 Å². The minimum absolute atomic E-state index is 0.0109. The van der Waals surface area contributed by atoms with E-state index in [2.05, 4.69) is 16.9 Å². The van der Waals surface area contributed by atoms with E-state index in [0.717, 1.165) is 42.6 Å². The molecule has 0 atom stereocenters. The predicted octanol–water partition coefficient (Wildman–Crippen LogP) is 6.95. The van der Waals surface area contributed by atoms with Crippen molar-refractivity contribution in [3.63, 3.8) is 0 Å². The summed E-state index contributed by atoms with van der Waals surface area (Å²) >= 11 is 0. The quantitative estimate of drug-likeness (QED) is 0.161. The van der Waals surface area contributed by atoms with Crippen molar-refractivity contribution in [3.05, 3.63) is 77.5 Å². The lowest BCUT2D eigenvalue weighted by Gasteiger charge is -2.36. The van der Waals surface area contributed by atoms with Gasteiger partial charge in [0.15, 0.2) is 11.6 Å². The van der Waals surface area contributed by atoms with Gasteiger partial charge in [-0.3, -0.25) is 4.79 Å². The molecule has 1 aliphatic carbocycles. The lowest BCUT2D eigenvalue weighted by atomic mass is 9.82. The van der Waals surface area contributed by atoms with Crippen molar-refractivity contribution in [3.8, 4) is 11.6 Å². The van der Waals surface area contributed by atoms with E-state index in [1.165, 1.54) is 19.1 Å². The molecule has 5 rings (SSSR count). The minimum Gasteiger partial charge on any atom is -0.478 e. The number of fused-ring (bicyclic) bond motifs is 1. The Kier molecular flexibility index (Phi) is 10.6. The first-order valence-electron chi connectivity index (χ1n) is 15.4. The molecule has 48 heavy (non-hydrogen) atoms. The van der Waals surface area contributed by atoms with E-state index in [4.69, 9.17) is 14.2 Å². The van der Waals surface area contributed by atoms with Crippen molar-refractivity contribution in [2.45, 2.75) is 51.4 Å². The van der Waals surface area contributed by atoms with Crippen LogP contribution in [0.5, 0.6) is 11.6 Å². The number of ether oxygens (including phenoxy) is 3. The molecule has 0 aliphatic heterocycles. The number of hydrogen-bond donors (Lipinski definition) is 1. The molecule has 4 aromatic rings. The van der Waals surface area contributed by atoms with E-state index in [0.29, 0.717) is 24.4 Å². The molecule has 10 nitrogen and oxygen atoms in total. The molecule has 256 valence electrons. The van der Waals surface area contributed by atoms with E-state index in [-0.39, 0.29) is 31.0 Å². The molecule has 3 aromatic heterocycles. The van der Waals surface area contributed by atoms with Gasteiger partial charge in [0.25, 0.3) is 0 Å². The maximum Gasteiger partial charge on any atom is 0.421 e. The first kappa shape index (κ1) is 34.8. The maximum absolute atomic E-state index is 15.8. The van der Waals surface area contributed by atoms with Crippen LogP contribution in [0.2, 0.25) is 0 Å². The van der Waals surface area contributed by atoms with Gasteiger partial charge in [-0.15, -0.1) is 0 Å². The molecule has 1 fully saturated rings. The lowest BCUT2D eigenvalue weighted by Crippen LogP contribution is -2.49. The third-order valence-corrected chi connectivity index (χ3v) is 8.52. The van der Waals surface area contributed by atoms with Crippen LogP contribution in [0.15, 0.2) is 55.0 Å². The molecule has 1 N–H and O–H groups in total. The molecule has 14 heteroatoms. The minimum atomic E-state index is -4.95. The van der Waals surface area contributed by atoms with Crippen LogP contribution in [0.3, 0.4) is 0 Å². The molecule has 1 aliphatic rings. The number of carboxylic acid groups (broad SMARTS) is 1. The standard InChI is InChI=1S/C34H36F4N4O6/c1-20-6-8-23(9-7-20)32(43)42(24(18-46-2)19-47-3)28-15-27(35)29(14-25(28)33(44)45)48-31-26(34(36,37)38)13-21(16-40-31)17-41-12-10-22-5-4-11-39-30(22)41/h4-5,10-16,20,23-24H,6-9,17-19H2,1-3H3,(H,44,45)/t20-,23-. The van der Waals surface area contributed by atoms with Gasteiger partial charge >= 0.3 is 12.1 Å². The van der Waals surface area contributed by atoms with Gasteiger partial charge in [-0.05, 0) is 61.4 Å². The average molecular weight is 673 g/mol. The fourth-order valence-electron chi connectivity index (χ4n) is 6.09. The highest BCUT2D eigenvalue weighted by Crippen LogP contribution is 2.40. The number of hydrogen-bond acceptors (Lipinski definition) is 7. The van der Waals surface area contributed by atoms with E-state index < -0.39 is 58.6 Å². The van der Waals surface area contributed by atoms with Crippen molar-refractivity contribution in [2.75, 3.05) is 32.3 Å². The molecule has 0 bridgehead atoms. The number of anilines is 1. The van der Waals surface area contributed by atoms with Crippen LogP contribution in [0.25, 0.3) is 11.0 Å². The summed E-state index contributed by atoms with van der Waals surface area (Å²) in [4.78, 5) is 35.8. The number of halogens is 4. The number of methoxy groups -OCH3 is 2. The molecule has 0 spiro atoms. The van der Waals surface area contributed by atoms with Crippen LogP contribution in [-0.2, 0) is 27.0 Å². The highest BCUT2D eigenvalue weighted by atomic mass is 19.4. The van der Waals surface area contributed by atoms with Crippen LogP contribution in [-0.4, -0.2) is 65.0 Å². The van der Waals surface area contributed by atoms with E-state index in [1.54, 1.807) is 29.1 Å². The van der Waals surface area contributed by atoms with Crippen molar-refractivity contribution >= 4 is 28.6 Å². The Morgan fingerprint density at radius 2 is 1.77 bits per heavy atom. The molecule has 1 saturated carbocycles. The predicted molar refractivity (Wildman–Crippen MR) is 168 cm³/mol. The van der Waals surface area contributed by atoms with Crippen molar-refractivity contribution in [2.24, 2.45) is 11.8 Å². The highest BCUT2D eigenvalue weighted by Gasteiger charge is 2.38. The Bertz CT molecular complexity index is 1760. The smallest absolute Gasteiger partial charge is 0.421 e. The normalized spacial score (nSPS) is 16.8. The zero-order valence-corrected chi connectivity index (χ0v) is 26.7. The molecule has 0 unspecified atom stereocenters. The Morgan fingerprint density at radius 1 is 1.06 bits per heavy atom. The van der Waals surface area contributed by atoms with Gasteiger partial charge in [-0.25, -0.2) is 19.2 Å². The van der Waals surface area contributed by atoms with Crippen LogP contribution >= 0.6 is 0 Å². The summed E-state index contributed by atoms with van der Waals surface area (Å²) in [6.07, 6.45) is 2.19. The second kappa shape index (κ2) is 14.7. The number of rotatable bonds is 12. The van der Waals surface area contributed by atoms with Crippen LogP contribution in [0.1, 0.15) is 54.1 Å².